The molecule has 0 aliphatic heterocycles. The maximum Gasteiger partial charge on any atom is 0.323 e. The van der Waals surface area contributed by atoms with E-state index >= 15 is 0 Å². The van der Waals surface area contributed by atoms with Crippen molar-refractivity contribution >= 4 is 17.8 Å². The van der Waals surface area contributed by atoms with Crippen LogP contribution in [0.25, 0.3) is 0 Å². The van der Waals surface area contributed by atoms with Crippen molar-refractivity contribution in [3.63, 3.8) is 0 Å². The smallest absolute Gasteiger partial charge is 0.323 e. The number of hydrogen-bond donors (Lipinski definition) is 2. The highest BCUT2D eigenvalue weighted by Crippen LogP contribution is 2.02. The normalized spacial score (nSPS) is 10.4. The molecular weight excluding hydrogens is 264 g/mol. The molecule has 0 aromatic heterocycles. The molecule has 0 unspecified atom stereocenters. The summed E-state index contributed by atoms with van der Waals surface area (Å²) in [6.45, 7) is 3.87. The summed E-state index contributed by atoms with van der Waals surface area (Å²) in [4.78, 5) is 35.1. The lowest BCUT2D eigenvalue weighted by Gasteiger charge is -2.20. The molecule has 7 nitrogen and oxygen atoms in total. The minimum absolute atomic E-state index is 0.184. The fraction of sp³-hybridized carbons (Fsp3) is 0.769. The lowest BCUT2D eigenvalue weighted by Crippen LogP contribution is -2.44. The molecule has 2 amide bonds. The minimum Gasteiger partial charge on any atom is -0.480 e. The molecule has 0 saturated carbocycles. The summed E-state index contributed by atoms with van der Waals surface area (Å²) in [5, 5.41) is 11.2. The number of carboxylic acids is 1. The Kier molecular flexibility index (Phi) is 9.36. The van der Waals surface area contributed by atoms with Crippen LogP contribution < -0.4 is 5.32 Å². The van der Waals surface area contributed by atoms with Gasteiger partial charge in [0.2, 0.25) is 11.8 Å². The molecule has 0 saturated heterocycles. The van der Waals surface area contributed by atoms with Gasteiger partial charge in [0.25, 0.3) is 0 Å². The summed E-state index contributed by atoms with van der Waals surface area (Å²) in [5.74, 6) is -1.31. The van der Waals surface area contributed by atoms with Gasteiger partial charge in [-0.25, -0.2) is 0 Å². The van der Waals surface area contributed by atoms with Crippen LogP contribution in [-0.4, -0.2) is 61.1 Å². The number of amides is 2. The number of carbonyl (C=O) groups excluding carboxylic acids is 2. The number of carboxylic acid groups (broad SMARTS) is 1. The molecule has 2 N–H and O–H groups in total. The van der Waals surface area contributed by atoms with E-state index in [9.17, 15) is 14.4 Å². The lowest BCUT2D eigenvalue weighted by molar-refractivity contribution is -0.144. The topological polar surface area (TPSA) is 95.9 Å². The van der Waals surface area contributed by atoms with E-state index in [2.05, 4.69) is 5.32 Å². The van der Waals surface area contributed by atoms with Gasteiger partial charge in [0.05, 0.1) is 13.2 Å². The number of rotatable bonds is 10. The van der Waals surface area contributed by atoms with E-state index in [4.69, 9.17) is 9.84 Å². The van der Waals surface area contributed by atoms with Gasteiger partial charge in [-0.2, -0.15) is 0 Å². The van der Waals surface area contributed by atoms with E-state index in [0.29, 0.717) is 12.3 Å². The van der Waals surface area contributed by atoms with Gasteiger partial charge in [-0.05, 0) is 12.3 Å². The minimum atomic E-state index is -1.10. The highest BCUT2D eigenvalue weighted by Gasteiger charge is 2.17. The monoisotopic (exact) mass is 288 g/mol. The van der Waals surface area contributed by atoms with E-state index in [1.807, 2.05) is 13.8 Å². The standard InChI is InChI=1S/C13H24N2O5/c1-10(2)4-5-11(16)14-8-12(17)15(6-7-20-3)9-13(18)19/h10H,4-9H2,1-3H3,(H,14,16)(H,18,19). The van der Waals surface area contributed by atoms with Gasteiger partial charge in [-0.3, -0.25) is 14.4 Å². The summed E-state index contributed by atoms with van der Waals surface area (Å²) in [7, 11) is 1.47. The molecule has 7 heteroatoms. The van der Waals surface area contributed by atoms with E-state index < -0.39 is 18.4 Å². The highest BCUT2D eigenvalue weighted by atomic mass is 16.5. The van der Waals surface area contributed by atoms with Crippen molar-refractivity contribution in [1.29, 1.82) is 0 Å². The maximum atomic E-state index is 11.8. The van der Waals surface area contributed by atoms with Crippen LogP contribution in [0.4, 0.5) is 0 Å². The second kappa shape index (κ2) is 10.2. The van der Waals surface area contributed by atoms with Crippen molar-refractivity contribution < 1.29 is 24.2 Å². The van der Waals surface area contributed by atoms with Crippen LogP contribution in [0.2, 0.25) is 0 Å². The first-order valence-corrected chi connectivity index (χ1v) is 6.62. The zero-order valence-electron chi connectivity index (χ0n) is 12.3. The Morgan fingerprint density at radius 2 is 1.95 bits per heavy atom. The van der Waals surface area contributed by atoms with Crippen molar-refractivity contribution in [1.82, 2.24) is 10.2 Å². The third kappa shape index (κ3) is 9.32. The second-order valence-electron chi connectivity index (χ2n) is 4.91. The van der Waals surface area contributed by atoms with E-state index in [0.717, 1.165) is 11.3 Å². The molecule has 0 atom stereocenters. The molecule has 0 aliphatic rings. The molecule has 0 aromatic rings. The summed E-state index contributed by atoms with van der Waals surface area (Å²) < 4.78 is 4.82. The van der Waals surface area contributed by atoms with Crippen molar-refractivity contribution in [2.24, 2.45) is 5.92 Å². The molecule has 0 spiro atoms. The molecule has 0 aliphatic carbocycles. The first-order valence-electron chi connectivity index (χ1n) is 6.62. The third-order valence-electron chi connectivity index (χ3n) is 2.63. The van der Waals surface area contributed by atoms with Gasteiger partial charge >= 0.3 is 5.97 Å². The Labute approximate surface area is 119 Å². The molecular formula is C13H24N2O5. The average Bonchev–Trinajstić information content (AvgIpc) is 2.37. The summed E-state index contributed by atoms with van der Waals surface area (Å²) >= 11 is 0. The van der Waals surface area contributed by atoms with Gasteiger partial charge in [0, 0.05) is 20.1 Å². The van der Waals surface area contributed by atoms with Crippen LogP contribution in [0.5, 0.6) is 0 Å². The Morgan fingerprint density at radius 1 is 1.30 bits per heavy atom. The van der Waals surface area contributed by atoms with Crippen molar-refractivity contribution in [2.45, 2.75) is 26.7 Å². The Morgan fingerprint density at radius 3 is 2.45 bits per heavy atom. The van der Waals surface area contributed by atoms with Gasteiger partial charge in [0.1, 0.15) is 6.54 Å². The molecule has 0 bridgehead atoms. The Hall–Kier alpha value is -1.63. The maximum absolute atomic E-state index is 11.8. The van der Waals surface area contributed by atoms with Crippen molar-refractivity contribution in [3.8, 4) is 0 Å². The van der Waals surface area contributed by atoms with Crippen LogP contribution in [0, 0.1) is 5.92 Å². The van der Waals surface area contributed by atoms with Gasteiger partial charge in [-0.15, -0.1) is 0 Å². The first kappa shape index (κ1) is 18.4. The number of carbonyl (C=O) groups is 3. The molecule has 20 heavy (non-hydrogen) atoms. The van der Waals surface area contributed by atoms with E-state index in [1.165, 1.54) is 7.11 Å². The first-order chi connectivity index (χ1) is 9.36. The predicted molar refractivity (Wildman–Crippen MR) is 73.2 cm³/mol. The van der Waals surface area contributed by atoms with Crippen LogP contribution in [0.1, 0.15) is 26.7 Å². The highest BCUT2D eigenvalue weighted by molar-refractivity contribution is 5.86. The van der Waals surface area contributed by atoms with Gasteiger partial charge in [0.15, 0.2) is 0 Å². The molecule has 0 aromatic carbocycles. The predicted octanol–water partition coefficient (Wildman–Crippen LogP) is 0.0984. The average molecular weight is 288 g/mol. The summed E-state index contributed by atoms with van der Waals surface area (Å²) in [6, 6.07) is 0. The molecule has 0 rings (SSSR count). The van der Waals surface area contributed by atoms with Crippen LogP contribution in [-0.2, 0) is 19.1 Å². The quantitative estimate of drug-likeness (QED) is 0.594. The van der Waals surface area contributed by atoms with Gasteiger partial charge < -0.3 is 20.1 Å². The van der Waals surface area contributed by atoms with Gasteiger partial charge in [-0.1, -0.05) is 13.8 Å². The number of hydrogen-bond acceptors (Lipinski definition) is 4. The van der Waals surface area contributed by atoms with Crippen LogP contribution >= 0.6 is 0 Å². The van der Waals surface area contributed by atoms with Crippen LogP contribution in [0.15, 0.2) is 0 Å². The second-order valence-corrected chi connectivity index (χ2v) is 4.91. The molecule has 0 radical (unpaired) electrons. The number of aliphatic carboxylic acids is 1. The Balaban J connectivity index is 4.17. The van der Waals surface area contributed by atoms with Crippen LogP contribution in [0.3, 0.4) is 0 Å². The molecule has 0 heterocycles. The Bertz CT molecular complexity index is 331. The lowest BCUT2D eigenvalue weighted by atomic mass is 10.1. The fourth-order valence-corrected chi connectivity index (χ4v) is 1.45. The number of nitrogens with zero attached hydrogens (tertiary/aromatic N) is 1. The number of nitrogens with one attached hydrogen (secondary N) is 1. The zero-order valence-corrected chi connectivity index (χ0v) is 12.3. The van der Waals surface area contributed by atoms with E-state index in [1.54, 1.807) is 0 Å². The van der Waals surface area contributed by atoms with E-state index in [-0.39, 0.29) is 25.6 Å². The largest absolute Gasteiger partial charge is 0.480 e. The number of ether oxygens (including phenoxy) is 1. The molecule has 116 valence electrons. The van der Waals surface area contributed by atoms with Crippen molar-refractivity contribution in [2.75, 3.05) is 33.4 Å². The third-order valence-corrected chi connectivity index (χ3v) is 2.63. The van der Waals surface area contributed by atoms with Crippen molar-refractivity contribution in [3.05, 3.63) is 0 Å². The summed E-state index contributed by atoms with van der Waals surface area (Å²) in [6.07, 6.45) is 1.12. The number of methoxy groups -OCH3 is 1. The molecule has 0 fully saturated rings. The fourth-order valence-electron chi connectivity index (χ4n) is 1.45. The zero-order chi connectivity index (χ0) is 15.5. The summed E-state index contributed by atoms with van der Waals surface area (Å²) in [5.41, 5.74) is 0. The SMILES string of the molecule is COCCN(CC(=O)O)C(=O)CNC(=O)CCC(C)C.